The molecule has 9 heteroatoms. The SMILES string of the molecule is C=CCn1c(SCC(=O)Nc2ccc(Cl)cc2C)nnc1[C@@H](C)NC(=O)c1ccccc1. The van der Waals surface area contributed by atoms with Gasteiger partial charge in [-0.1, -0.05) is 47.6 Å². The summed E-state index contributed by atoms with van der Waals surface area (Å²) in [6, 6.07) is 13.9. The van der Waals surface area contributed by atoms with E-state index in [1.54, 1.807) is 36.4 Å². The first kappa shape index (κ1) is 23.6. The minimum absolute atomic E-state index is 0.155. The Kier molecular flexibility index (Phi) is 8.08. The first-order valence-electron chi connectivity index (χ1n) is 9.97. The number of rotatable bonds is 9. The number of benzene rings is 2. The Labute approximate surface area is 196 Å². The lowest BCUT2D eigenvalue weighted by Gasteiger charge is -2.15. The number of allylic oxidation sites excluding steroid dienone is 1. The van der Waals surface area contributed by atoms with Crippen molar-refractivity contribution in [3.63, 3.8) is 0 Å². The maximum Gasteiger partial charge on any atom is 0.251 e. The molecule has 0 aliphatic rings. The van der Waals surface area contributed by atoms with Crippen LogP contribution in [-0.4, -0.2) is 32.3 Å². The van der Waals surface area contributed by atoms with Gasteiger partial charge in [-0.15, -0.1) is 16.8 Å². The number of halogens is 1. The summed E-state index contributed by atoms with van der Waals surface area (Å²) in [4.78, 5) is 24.9. The molecule has 7 nitrogen and oxygen atoms in total. The summed E-state index contributed by atoms with van der Waals surface area (Å²) in [5.74, 6) is 0.381. The molecule has 166 valence electrons. The monoisotopic (exact) mass is 469 g/mol. The third kappa shape index (κ3) is 5.99. The fraction of sp³-hybridized carbons (Fsp3) is 0.217. The van der Waals surface area contributed by atoms with E-state index in [0.717, 1.165) is 5.56 Å². The molecule has 0 unspecified atom stereocenters. The van der Waals surface area contributed by atoms with Crippen molar-refractivity contribution >= 4 is 40.9 Å². The highest BCUT2D eigenvalue weighted by molar-refractivity contribution is 7.99. The zero-order valence-electron chi connectivity index (χ0n) is 17.8. The van der Waals surface area contributed by atoms with Crippen LogP contribution in [0.25, 0.3) is 0 Å². The summed E-state index contributed by atoms with van der Waals surface area (Å²) in [7, 11) is 0. The van der Waals surface area contributed by atoms with Crippen molar-refractivity contribution in [3.05, 3.63) is 83.2 Å². The molecule has 1 heterocycles. The van der Waals surface area contributed by atoms with Crippen molar-refractivity contribution in [3.8, 4) is 0 Å². The van der Waals surface area contributed by atoms with Gasteiger partial charge >= 0.3 is 0 Å². The van der Waals surface area contributed by atoms with E-state index in [0.29, 0.717) is 33.8 Å². The van der Waals surface area contributed by atoms with Crippen LogP contribution in [0.1, 0.15) is 34.7 Å². The quantitative estimate of drug-likeness (QED) is 0.352. The van der Waals surface area contributed by atoms with Crippen molar-refractivity contribution in [2.24, 2.45) is 0 Å². The van der Waals surface area contributed by atoms with Gasteiger partial charge in [-0.05, 0) is 49.7 Å². The molecule has 2 aromatic carbocycles. The molecule has 0 aliphatic carbocycles. The number of aryl methyl sites for hydroxylation is 1. The Morgan fingerprint density at radius 2 is 1.97 bits per heavy atom. The van der Waals surface area contributed by atoms with E-state index in [9.17, 15) is 9.59 Å². The number of carbonyl (C=O) groups excluding carboxylic acids is 2. The normalized spacial score (nSPS) is 11.6. The van der Waals surface area contributed by atoms with Gasteiger partial charge in [0, 0.05) is 22.8 Å². The average molecular weight is 470 g/mol. The molecule has 3 aromatic rings. The fourth-order valence-corrected chi connectivity index (χ4v) is 4.03. The molecule has 2 amide bonds. The number of anilines is 1. The molecule has 0 aliphatic heterocycles. The van der Waals surface area contributed by atoms with Gasteiger partial charge in [0.2, 0.25) is 5.91 Å². The van der Waals surface area contributed by atoms with E-state index >= 15 is 0 Å². The van der Waals surface area contributed by atoms with Gasteiger partial charge in [0.25, 0.3) is 5.91 Å². The number of thioether (sulfide) groups is 1. The van der Waals surface area contributed by atoms with E-state index in [2.05, 4.69) is 27.4 Å². The Bertz CT molecular complexity index is 1120. The van der Waals surface area contributed by atoms with Crippen molar-refractivity contribution < 1.29 is 9.59 Å². The highest BCUT2D eigenvalue weighted by Crippen LogP contribution is 2.23. The van der Waals surface area contributed by atoms with Crippen LogP contribution in [0.5, 0.6) is 0 Å². The van der Waals surface area contributed by atoms with Gasteiger partial charge in [-0.2, -0.15) is 0 Å². The van der Waals surface area contributed by atoms with Crippen molar-refractivity contribution in [1.82, 2.24) is 20.1 Å². The smallest absolute Gasteiger partial charge is 0.251 e. The second-order valence-corrected chi connectivity index (χ2v) is 8.48. The molecule has 1 aromatic heterocycles. The molecule has 3 rings (SSSR count). The molecule has 1 atom stereocenters. The minimum Gasteiger partial charge on any atom is -0.342 e. The minimum atomic E-state index is -0.380. The zero-order chi connectivity index (χ0) is 23.1. The van der Waals surface area contributed by atoms with Gasteiger partial charge in [0.1, 0.15) is 0 Å². The van der Waals surface area contributed by atoms with Crippen LogP contribution < -0.4 is 10.6 Å². The summed E-state index contributed by atoms with van der Waals surface area (Å²) < 4.78 is 1.84. The molecule has 0 bridgehead atoms. The summed E-state index contributed by atoms with van der Waals surface area (Å²) in [6.07, 6.45) is 1.72. The first-order valence-corrected chi connectivity index (χ1v) is 11.3. The number of carbonyl (C=O) groups is 2. The second kappa shape index (κ2) is 11.0. The second-order valence-electron chi connectivity index (χ2n) is 7.10. The molecule has 0 spiro atoms. The van der Waals surface area contributed by atoms with Gasteiger partial charge in [-0.25, -0.2) is 0 Å². The molecular formula is C23H24ClN5O2S. The first-order chi connectivity index (χ1) is 15.4. The molecule has 0 radical (unpaired) electrons. The van der Waals surface area contributed by atoms with Crippen LogP contribution >= 0.6 is 23.4 Å². The largest absolute Gasteiger partial charge is 0.342 e. The van der Waals surface area contributed by atoms with Gasteiger partial charge in [-0.3, -0.25) is 9.59 Å². The number of hydrogen-bond acceptors (Lipinski definition) is 5. The van der Waals surface area contributed by atoms with Crippen LogP contribution in [0.4, 0.5) is 5.69 Å². The van der Waals surface area contributed by atoms with Crippen LogP contribution in [0, 0.1) is 6.92 Å². The van der Waals surface area contributed by atoms with Crippen LogP contribution in [0.2, 0.25) is 5.02 Å². The third-order valence-electron chi connectivity index (χ3n) is 4.62. The van der Waals surface area contributed by atoms with E-state index in [-0.39, 0.29) is 23.6 Å². The summed E-state index contributed by atoms with van der Waals surface area (Å²) >= 11 is 7.23. The highest BCUT2D eigenvalue weighted by Gasteiger charge is 2.20. The third-order valence-corrected chi connectivity index (χ3v) is 5.82. The van der Waals surface area contributed by atoms with E-state index in [4.69, 9.17) is 11.6 Å². The number of hydrogen-bond donors (Lipinski definition) is 2. The molecule has 0 fully saturated rings. The number of nitrogens with zero attached hydrogens (tertiary/aromatic N) is 3. The fourth-order valence-electron chi connectivity index (χ4n) is 3.05. The molecule has 0 saturated heterocycles. The Hall–Kier alpha value is -3.10. The van der Waals surface area contributed by atoms with E-state index < -0.39 is 0 Å². The Morgan fingerprint density at radius 1 is 1.22 bits per heavy atom. The number of nitrogens with one attached hydrogen (secondary N) is 2. The number of amides is 2. The lowest BCUT2D eigenvalue weighted by atomic mass is 10.2. The van der Waals surface area contributed by atoms with E-state index in [1.165, 1.54) is 11.8 Å². The topological polar surface area (TPSA) is 88.9 Å². The van der Waals surface area contributed by atoms with Gasteiger partial charge in [0.15, 0.2) is 11.0 Å². The van der Waals surface area contributed by atoms with Crippen molar-refractivity contribution in [1.29, 1.82) is 0 Å². The zero-order valence-corrected chi connectivity index (χ0v) is 19.4. The predicted octanol–water partition coefficient (Wildman–Crippen LogP) is 4.65. The summed E-state index contributed by atoms with van der Waals surface area (Å²) in [6.45, 7) is 7.97. The molecule has 32 heavy (non-hydrogen) atoms. The lowest BCUT2D eigenvalue weighted by molar-refractivity contribution is -0.113. The van der Waals surface area contributed by atoms with E-state index in [1.807, 2.05) is 36.6 Å². The summed E-state index contributed by atoms with van der Waals surface area (Å²) in [5.41, 5.74) is 2.17. The van der Waals surface area contributed by atoms with Gasteiger partial charge < -0.3 is 15.2 Å². The Morgan fingerprint density at radius 3 is 2.66 bits per heavy atom. The molecular weight excluding hydrogens is 446 g/mol. The standard InChI is InChI=1S/C23H24ClN5O2S/c1-4-12-29-21(16(3)25-22(31)17-8-6-5-7-9-17)27-28-23(29)32-14-20(30)26-19-11-10-18(24)13-15(19)2/h4-11,13,16H,1,12,14H2,2-3H3,(H,25,31)(H,26,30)/t16-/m1/s1. The Balaban J connectivity index is 1.66. The maximum absolute atomic E-state index is 12.5. The molecule has 2 N–H and O–H groups in total. The average Bonchev–Trinajstić information content (AvgIpc) is 3.18. The number of aromatic nitrogens is 3. The van der Waals surface area contributed by atoms with Crippen LogP contribution in [0.15, 0.2) is 66.3 Å². The summed E-state index contributed by atoms with van der Waals surface area (Å²) in [5, 5.41) is 15.5. The van der Waals surface area contributed by atoms with Crippen molar-refractivity contribution in [2.45, 2.75) is 31.6 Å². The van der Waals surface area contributed by atoms with Crippen molar-refractivity contribution in [2.75, 3.05) is 11.1 Å². The predicted molar refractivity (Wildman–Crippen MR) is 128 cm³/mol. The van der Waals surface area contributed by atoms with Crippen LogP contribution in [0.3, 0.4) is 0 Å². The lowest BCUT2D eigenvalue weighted by Crippen LogP contribution is -2.28. The van der Waals surface area contributed by atoms with Crippen LogP contribution in [-0.2, 0) is 11.3 Å². The highest BCUT2D eigenvalue weighted by atomic mass is 35.5. The van der Waals surface area contributed by atoms with Gasteiger partial charge in [0.05, 0.1) is 11.8 Å². The maximum atomic E-state index is 12.5. The molecule has 0 saturated carbocycles.